The predicted octanol–water partition coefficient (Wildman–Crippen LogP) is 4.52. The van der Waals surface area contributed by atoms with Crippen LogP contribution >= 0.6 is 15.9 Å². The van der Waals surface area contributed by atoms with E-state index in [9.17, 15) is 13.2 Å². The van der Waals surface area contributed by atoms with E-state index < -0.39 is 15.9 Å². The van der Waals surface area contributed by atoms with Crippen LogP contribution in [0.15, 0.2) is 76.1 Å². The van der Waals surface area contributed by atoms with E-state index in [-0.39, 0.29) is 10.5 Å². The molecular weight excluding hydrogens is 472 g/mol. The van der Waals surface area contributed by atoms with Crippen LogP contribution in [0.5, 0.6) is 11.5 Å². The number of methoxy groups -OCH3 is 2. The molecule has 0 aliphatic rings. The van der Waals surface area contributed by atoms with Crippen LogP contribution in [0.3, 0.4) is 0 Å². The highest BCUT2D eigenvalue weighted by atomic mass is 79.9. The molecule has 0 aliphatic carbocycles. The molecule has 0 fully saturated rings. The predicted molar refractivity (Wildman–Crippen MR) is 119 cm³/mol. The second kappa shape index (κ2) is 9.19. The standard InChI is InChI=1S/C21H19BrN2O5S/c1-28-18-4-3-5-19(29-2)20(18)21(25)23-15-10-12-17(13-11-15)30(26,27)24-16-8-6-14(22)7-9-16/h3-13,24H,1-2H3,(H,23,25). The monoisotopic (exact) mass is 490 g/mol. The average molecular weight is 491 g/mol. The second-order valence-corrected chi connectivity index (χ2v) is 8.73. The minimum Gasteiger partial charge on any atom is -0.496 e. The number of anilines is 2. The number of sulfonamides is 1. The Bertz CT molecular complexity index is 1120. The van der Waals surface area contributed by atoms with E-state index in [1.54, 1.807) is 42.5 Å². The van der Waals surface area contributed by atoms with Crippen molar-refractivity contribution in [2.45, 2.75) is 4.90 Å². The van der Waals surface area contributed by atoms with Gasteiger partial charge in [0.15, 0.2) is 0 Å². The Balaban J connectivity index is 1.78. The van der Waals surface area contributed by atoms with Crippen LogP contribution in [0, 0.1) is 0 Å². The van der Waals surface area contributed by atoms with Crippen molar-refractivity contribution in [1.29, 1.82) is 0 Å². The van der Waals surface area contributed by atoms with Crippen molar-refractivity contribution >= 4 is 43.2 Å². The fraction of sp³-hybridized carbons (Fsp3) is 0.0952. The number of benzene rings is 3. The molecule has 3 aromatic rings. The lowest BCUT2D eigenvalue weighted by Crippen LogP contribution is -2.15. The van der Waals surface area contributed by atoms with Gasteiger partial charge < -0.3 is 14.8 Å². The summed E-state index contributed by atoms with van der Waals surface area (Å²) in [7, 11) is -0.839. The fourth-order valence-electron chi connectivity index (χ4n) is 2.72. The fourth-order valence-corrected chi connectivity index (χ4v) is 4.04. The molecule has 3 aromatic carbocycles. The summed E-state index contributed by atoms with van der Waals surface area (Å²) >= 11 is 3.30. The Hall–Kier alpha value is -3.04. The molecule has 0 aromatic heterocycles. The number of hydrogen-bond donors (Lipinski definition) is 2. The van der Waals surface area contributed by atoms with E-state index in [0.29, 0.717) is 22.9 Å². The maximum atomic E-state index is 12.7. The molecular formula is C21H19BrN2O5S. The zero-order valence-corrected chi connectivity index (χ0v) is 18.6. The van der Waals surface area contributed by atoms with Crippen molar-refractivity contribution in [1.82, 2.24) is 0 Å². The van der Waals surface area contributed by atoms with Crippen LogP contribution in [-0.2, 0) is 10.0 Å². The first-order valence-electron chi connectivity index (χ1n) is 8.75. The molecule has 0 bridgehead atoms. The summed E-state index contributed by atoms with van der Waals surface area (Å²) < 4.78 is 39.0. The smallest absolute Gasteiger partial charge is 0.263 e. The summed E-state index contributed by atoms with van der Waals surface area (Å²) in [5, 5.41) is 2.72. The highest BCUT2D eigenvalue weighted by Gasteiger charge is 2.19. The van der Waals surface area contributed by atoms with Crippen molar-refractivity contribution in [3.05, 3.63) is 76.8 Å². The number of amides is 1. The largest absolute Gasteiger partial charge is 0.496 e. The third kappa shape index (κ3) is 4.92. The maximum absolute atomic E-state index is 12.7. The van der Waals surface area contributed by atoms with Crippen LogP contribution in [0.4, 0.5) is 11.4 Å². The Morgan fingerprint density at radius 3 is 1.90 bits per heavy atom. The van der Waals surface area contributed by atoms with Crippen molar-refractivity contribution in [2.75, 3.05) is 24.3 Å². The lowest BCUT2D eigenvalue weighted by atomic mass is 10.1. The zero-order chi connectivity index (χ0) is 21.7. The van der Waals surface area contributed by atoms with Crippen LogP contribution in [0.1, 0.15) is 10.4 Å². The number of carbonyl (C=O) groups is 1. The van der Waals surface area contributed by atoms with E-state index in [2.05, 4.69) is 26.0 Å². The third-order valence-electron chi connectivity index (χ3n) is 4.17. The molecule has 30 heavy (non-hydrogen) atoms. The lowest BCUT2D eigenvalue weighted by Gasteiger charge is -2.13. The number of nitrogens with one attached hydrogen (secondary N) is 2. The van der Waals surface area contributed by atoms with E-state index in [0.717, 1.165) is 4.47 Å². The highest BCUT2D eigenvalue weighted by Crippen LogP contribution is 2.29. The summed E-state index contributed by atoms with van der Waals surface area (Å²) in [5.74, 6) is 0.294. The molecule has 0 unspecified atom stereocenters. The number of rotatable bonds is 7. The molecule has 0 radical (unpaired) electrons. The number of ether oxygens (including phenoxy) is 2. The number of hydrogen-bond acceptors (Lipinski definition) is 5. The minimum absolute atomic E-state index is 0.0679. The van der Waals surface area contributed by atoms with Crippen LogP contribution in [-0.4, -0.2) is 28.5 Å². The molecule has 0 saturated heterocycles. The summed E-state index contributed by atoms with van der Waals surface area (Å²) in [6.45, 7) is 0. The van der Waals surface area contributed by atoms with Gasteiger partial charge in [-0.2, -0.15) is 0 Å². The molecule has 1 amide bonds. The summed E-state index contributed by atoms with van der Waals surface area (Å²) in [6.07, 6.45) is 0. The average Bonchev–Trinajstić information content (AvgIpc) is 2.74. The van der Waals surface area contributed by atoms with Crippen molar-refractivity contribution in [2.24, 2.45) is 0 Å². The maximum Gasteiger partial charge on any atom is 0.263 e. The molecule has 2 N–H and O–H groups in total. The van der Waals surface area contributed by atoms with Crippen molar-refractivity contribution in [3.8, 4) is 11.5 Å². The topological polar surface area (TPSA) is 93.7 Å². The summed E-state index contributed by atoms with van der Waals surface area (Å²) in [6, 6.07) is 17.6. The first-order chi connectivity index (χ1) is 14.3. The van der Waals surface area contributed by atoms with Crippen LogP contribution < -0.4 is 19.5 Å². The minimum atomic E-state index is -3.76. The first-order valence-corrected chi connectivity index (χ1v) is 11.0. The quantitative estimate of drug-likeness (QED) is 0.507. The summed E-state index contributed by atoms with van der Waals surface area (Å²) in [5.41, 5.74) is 1.12. The molecule has 7 nitrogen and oxygen atoms in total. The van der Waals surface area contributed by atoms with Gasteiger partial charge in [-0.3, -0.25) is 9.52 Å². The van der Waals surface area contributed by atoms with Crippen LogP contribution in [0.25, 0.3) is 0 Å². The van der Waals surface area contributed by atoms with Gasteiger partial charge in [-0.05, 0) is 60.7 Å². The number of halogens is 1. The van der Waals surface area contributed by atoms with Gasteiger partial charge in [-0.1, -0.05) is 22.0 Å². The van der Waals surface area contributed by atoms with Gasteiger partial charge in [0.05, 0.1) is 19.1 Å². The van der Waals surface area contributed by atoms with E-state index in [1.807, 2.05) is 0 Å². The normalized spacial score (nSPS) is 10.9. The molecule has 0 spiro atoms. The molecule has 0 heterocycles. The summed E-state index contributed by atoms with van der Waals surface area (Å²) in [4.78, 5) is 12.8. The molecule has 156 valence electrons. The van der Waals surface area contributed by atoms with E-state index >= 15 is 0 Å². The first kappa shape index (κ1) is 21.7. The van der Waals surface area contributed by atoms with E-state index in [4.69, 9.17) is 9.47 Å². The van der Waals surface area contributed by atoms with Crippen molar-refractivity contribution < 1.29 is 22.7 Å². The molecule has 0 aliphatic heterocycles. The van der Waals surface area contributed by atoms with Gasteiger partial charge in [0.1, 0.15) is 17.1 Å². The molecule has 9 heteroatoms. The van der Waals surface area contributed by atoms with Gasteiger partial charge >= 0.3 is 0 Å². The van der Waals surface area contributed by atoms with Gasteiger partial charge in [-0.25, -0.2) is 8.42 Å². The Labute approximate surface area is 183 Å². The van der Waals surface area contributed by atoms with Gasteiger partial charge in [-0.15, -0.1) is 0 Å². The van der Waals surface area contributed by atoms with Crippen LogP contribution in [0.2, 0.25) is 0 Å². The molecule has 3 rings (SSSR count). The Morgan fingerprint density at radius 1 is 0.833 bits per heavy atom. The molecule has 0 saturated carbocycles. The van der Waals surface area contributed by atoms with E-state index in [1.165, 1.54) is 38.5 Å². The van der Waals surface area contributed by atoms with Gasteiger partial charge in [0, 0.05) is 15.8 Å². The number of carbonyl (C=O) groups excluding carboxylic acids is 1. The van der Waals surface area contributed by atoms with Crippen molar-refractivity contribution in [3.63, 3.8) is 0 Å². The third-order valence-corrected chi connectivity index (χ3v) is 6.10. The molecule has 0 atom stereocenters. The lowest BCUT2D eigenvalue weighted by molar-refractivity contribution is 0.102. The SMILES string of the molecule is COc1cccc(OC)c1C(=O)Nc1ccc(S(=O)(=O)Nc2ccc(Br)cc2)cc1. The van der Waals surface area contributed by atoms with Gasteiger partial charge in [0.25, 0.3) is 15.9 Å². The zero-order valence-electron chi connectivity index (χ0n) is 16.2. The highest BCUT2D eigenvalue weighted by molar-refractivity contribution is 9.10. The Kier molecular flexibility index (Phi) is 6.63. The van der Waals surface area contributed by atoms with Gasteiger partial charge in [0.2, 0.25) is 0 Å². The second-order valence-electron chi connectivity index (χ2n) is 6.13. The Morgan fingerprint density at radius 2 is 1.37 bits per heavy atom.